The van der Waals surface area contributed by atoms with Crippen LogP contribution in [0.3, 0.4) is 0 Å². The summed E-state index contributed by atoms with van der Waals surface area (Å²) < 4.78 is 61.0. The molecule has 8 rings (SSSR count). The Kier molecular flexibility index (Phi) is 17.4. The fourth-order valence-corrected chi connectivity index (χ4v) is 10.3. The number of hydrogen-bond donors (Lipinski definition) is 1. The van der Waals surface area contributed by atoms with E-state index in [1.54, 1.807) is 80.8 Å². The van der Waals surface area contributed by atoms with Gasteiger partial charge in [0, 0.05) is 24.8 Å². The van der Waals surface area contributed by atoms with E-state index >= 15 is 0 Å². The second-order valence-corrected chi connectivity index (χ2v) is 18.7. The summed E-state index contributed by atoms with van der Waals surface area (Å²) in [6.45, 7) is 7.48. The van der Waals surface area contributed by atoms with E-state index in [1.165, 1.54) is 6.33 Å². The Labute approximate surface area is 420 Å². The van der Waals surface area contributed by atoms with Crippen molar-refractivity contribution in [3.05, 3.63) is 180 Å². The van der Waals surface area contributed by atoms with Gasteiger partial charge in [-0.1, -0.05) is 91.0 Å². The molecule has 2 aromatic heterocycles. The van der Waals surface area contributed by atoms with Crippen LogP contribution >= 0.6 is 8.53 Å². The summed E-state index contributed by atoms with van der Waals surface area (Å²) >= 11 is 0. The molecular weight excluding hydrogens is 940 g/mol. The predicted octanol–water partition coefficient (Wildman–Crippen LogP) is 9.55. The summed E-state index contributed by atoms with van der Waals surface area (Å²) in [5, 5.41) is 2.89. The number of carbonyl (C=O) groups is 2. The molecule has 7 aromatic rings. The van der Waals surface area contributed by atoms with Gasteiger partial charge in [-0.05, 0) is 92.9 Å². The second kappa shape index (κ2) is 24.2. The van der Waals surface area contributed by atoms with Crippen molar-refractivity contribution in [2.24, 2.45) is 0 Å². The second-order valence-electron chi connectivity index (χ2n) is 17.2. The summed E-state index contributed by atoms with van der Waals surface area (Å²) in [6, 6.07) is 42.9. The number of nitrogens with one attached hydrogen (secondary N) is 1. The molecule has 0 bridgehead atoms. The Balaban J connectivity index is 1.21. The Hall–Kier alpha value is -6.66. The molecule has 1 saturated heterocycles. The molecule has 18 heteroatoms. The fraction of sp³-hybridized carbons (Fsp3) is 0.315. The van der Waals surface area contributed by atoms with Crippen LogP contribution in [0.2, 0.25) is 0 Å². The average Bonchev–Trinajstić information content (AvgIpc) is 4.00. The lowest BCUT2D eigenvalue weighted by atomic mass is 9.80. The minimum absolute atomic E-state index is 0.0144. The summed E-state index contributed by atoms with van der Waals surface area (Å²) in [4.78, 5) is 40.0. The van der Waals surface area contributed by atoms with Gasteiger partial charge in [-0.3, -0.25) is 9.36 Å². The maximum Gasteiger partial charge on any atom is 0.340 e. The van der Waals surface area contributed by atoms with E-state index in [9.17, 15) is 9.59 Å². The number of amides is 1. The maximum atomic E-state index is 13.4. The van der Waals surface area contributed by atoms with Gasteiger partial charge in [0.25, 0.3) is 14.4 Å². The number of benzene rings is 5. The molecule has 1 amide bonds. The number of imidazole rings is 1. The summed E-state index contributed by atoms with van der Waals surface area (Å²) in [5.74, 6) is 0.616. The van der Waals surface area contributed by atoms with E-state index < -0.39 is 51.4 Å². The van der Waals surface area contributed by atoms with Crippen molar-refractivity contribution >= 4 is 37.4 Å². The number of ether oxygens (including phenoxy) is 7. The predicted molar refractivity (Wildman–Crippen MR) is 270 cm³/mol. The smallest absolute Gasteiger partial charge is 0.340 e. The fourth-order valence-electron chi connectivity index (χ4n) is 8.73. The van der Waals surface area contributed by atoms with Crippen LogP contribution < -0.4 is 14.8 Å². The standard InChI is InChI=1S/C54H59N6O11P/c1-36(2)60(37(3)4)72(65-7)71-47-45(31-69-54(40-21-15-10-16-22-40,41-23-27-43(63-5)28-24-41)42-25-29-44(64-6)30-26-42)70-52(48(47)67-34-66-35-68-53(62)39-19-13-9-14-20-39)59-33-57-46-49(55-32-56-50(46)59)58-51(61)38-17-11-8-12-18-38/h8-30,32-33,36-37,45,47-48,52H,31,34-35H2,1-7H3,(H,55,56,58,61)/t45-,47-,48-,52-,72?/m1/s1. The molecule has 1 fully saturated rings. The van der Waals surface area contributed by atoms with E-state index in [-0.39, 0.29) is 37.2 Å². The van der Waals surface area contributed by atoms with Gasteiger partial charge in [-0.2, -0.15) is 0 Å². The largest absolute Gasteiger partial charge is 0.497 e. The highest BCUT2D eigenvalue weighted by molar-refractivity contribution is 7.44. The number of rotatable bonds is 23. The Morgan fingerprint density at radius 3 is 1.85 bits per heavy atom. The number of esters is 1. The zero-order chi connectivity index (χ0) is 50.6. The first-order valence-electron chi connectivity index (χ1n) is 23.4. The van der Waals surface area contributed by atoms with Crippen LogP contribution in [-0.2, 0) is 38.3 Å². The summed E-state index contributed by atoms with van der Waals surface area (Å²) in [5.41, 5.74) is 2.68. The van der Waals surface area contributed by atoms with Crippen LogP contribution in [0.4, 0.5) is 5.82 Å². The molecule has 5 atom stereocenters. The third kappa shape index (κ3) is 11.5. The Morgan fingerprint density at radius 1 is 0.708 bits per heavy atom. The van der Waals surface area contributed by atoms with Crippen LogP contribution in [0.1, 0.15) is 71.3 Å². The number of hydrogen-bond acceptors (Lipinski definition) is 15. The van der Waals surface area contributed by atoms with E-state index in [0.29, 0.717) is 33.8 Å². The minimum Gasteiger partial charge on any atom is -0.497 e. The molecule has 0 radical (unpaired) electrons. The highest BCUT2D eigenvalue weighted by atomic mass is 31.2. The normalized spacial score (nSPS) is 17.4. The number of anilines is 1. The number of fused-ring (bicyclic) bond motifs is 1. The Bertz CT molecular complexity index is 2770. The molecule has 0 saturated carbocycles. The maximum absolute atomic E-state index is 13.4. The van der Waals surface area contributed by atoms with Crippen molar-refractivity contribution in [3.63, 3.8) is 0 Å². The van der Waals surface area contributed by atoms with Crippen molar-refractivity contribution in [2.75, 3.05) is 46.8 Å². The average molecular weight is 999 g/mol. The SMILES string of the molecule is COc1ccc(C(OC[C@H]2O[C@@H](n3cnc4c(NC(=O)c5ccccc5)ncnc43)[C@H](OCOCOC(=O)c3ccccc3)[C@@H]2OP(OC)N(C(C)C)C(C)C)(c2ccccc2)c2ccc(OC)cc2)cc1. The third-order valence-electron chi connectivity index (χ3n) is 12.1. The minimum atomic E-state index is -1.77. The zero-order valence-corrected chi connectivity index (χ0v) is 42.1. The first-order valence-corrected chi connectivity index (χ1v) is 24.6. The number of methoxy groups -OCH3 is 2. The first-order chi connectivity index (χ1) is 35.1. The van der Waals surface area contributed by atoms with Gasteiger partial charge in [-0.25, -0.2) is 24.4 Å². The Morgan fingerprint density at radius 2 is 1.28 bits per heavy atom. The van der Waals surface area contributed by atoms with Crippen molar-refractivity contribution in [1.82, 2.24) is 24.2 Å². The lowest BCUT2D eigenvalue weighted by molar-refractivity contribution is -0.163. The highest BCUT2D eigenvalue weighted by Gasteiger charge is 2.52. The van der Waals surface area contributed by atoms with Crippen LogP contribution in [0, 0.1) is 0 Å². The number of nitrogens with zero attached hydrogens (tertiary/aromatic N) is 5. The molecule has 72 heavy (non-hydrogen) atoms. The molecule has 1 unspecified atom stereocenters. The first kappa shape index (κ1) is 51.7. The molecule has 1 aliphatic rings. The monoisotopic (exact) mass is 998 g/mol. The van der Waals surface area contributed by atoms with E-state index in [0.717, 1.165) is 16.7 Å². The molecule has 1 N–H and O–H groups in total. The van der Waals surface area contributed by atoms with Crippen LogP contribution in [0.15, 0.2) is 152 Å². The number of carbonyl (C=O) groups excluding carboxylic acids is 2. The van der Waals surface area contributed by atoms with Crippen molar-refractivity contribution < 1.29 is 51.8 Å². The number of aromatic nitrogens is 4. The molecule has 1 aliphatic heterocycles. The van der Waals surface area contributed by atoms with E-state index in [4.69, 9.17) is 47.2 Å². The van der Waals surface area contributed by atoms with Crippen molar-refractivity contribution in [1.29, 1.82) is 0 Å². The highest BCUT2D eigenvalue weighted by Crippen LogP contribution is 2.51. The van der Waals surface area contributed by atoms with Gasteiger partial charge in [0.2, 0.25) is 0 Å². The summed E-state index contributed by atoms with van der Waals surface area (Å²) in [6.07, 6.45) is -0.896. The van der Waals surface area contributed by atoms with E-state index in [2.05, 4.69) is 47.7 Å². The van der Waals surface area contributed by atoms with Crippen LogP contribution in [0.5, 0.6) is 11.5 Å². The molecule has 0 aliphatic carbocycles. The molecule has 17 nitrogen and oxygen atoms in total. The van der Waals surface area contributed by atoms with Crippen molar-refractivity contribution in [2.45, 2.75) is 69.9 Å². The third-order valence-corrected chi connectivity index (χ3v) is 14.1. The summed E-state index contributed by atoms with van der Waals surface area (Å²) in [7, 11) is 3.09. The quantitative estimate of drug-likeness (QED) is 0.0211. The van der Waals surface area contributed by atoms with Gasteiger partial charge in [0.15, 0.2) is 36.8 Å². The van der Waals surface area contributed by atoms with Gasteiger partial charge in [0.05, 0.1) is 32.7 Å². The van der Waals surface area contributed by atoms with Gasteiger partial charge in [-0.15, -0.1) is 0 Å². The molecule has 0 spiro atoms. The lowest BCUT2D eigenvalue weighted by Crippen LogP contribution is -2.43. The van der Waals surface area contributed by atoms with Crippen molar-refractivity contribution in [3.8, 4) is 11.5 Å². The molecule has 3 heterocycles. The van der Waals surface area contributed by atoms with E-state index in [1.807, 2.05) is 91.0 Å². The van der Waals surface area contributed by atoms with Gasteiger partial charge < -0.3 is 47.5 Å². The van der Waals surface area contributed by atoms with Crippen LogP contribution in [-0.4, -0.2) is 108 Å². The molecule has 5 aromatic carbocycles. The van der Waals surface area contributed by atoms with Gasteiger partial charge >= 0.3 is 5.97 Å². The molecule has 376 valence electrons. The molecular formula is C54H59N6O11P. The topological polar surface area (TPSA) is 176 Å². The zero-order valence-electron chi connectivity index (χ0n) is 41.2. The van der Waals surface area contributed by atoms with Gasteiger partial charge in [0.1, 0.15) is 41.7 Å². The van der Waals surface area contributed by atoms with Crippen LogP contribution in [0.25, 0.3) is 11.2 Å². The lowest BCUT2D eigenvalue weighted by Gasteiger charge is -2.39.